The van der Waals surface area contributed by atoms with E-state index in [2.05, 4.69) is 5.32 Å². The minimum absolute atomic E-state index is 0.0865. The second-order valence-electron chi connectivity index (χ2n) is 5.64. The van der Waals surface area contributed by atoms with E-state index in [-0.39, 0.29) is 11.9 Å². The molecule has 24 heavy (non-hydrogen) atoms. The highest BCUT2D eigenvalue weighted by Crippen LogP contribution is 2.21. The molecule has 1 unspecified atom stereocenters. The molecule has 1 N–H and O–H groups in total. The first kappa shape index (κ1) is 18.3. The Morgan fingerprint density at radius 3 is 2.50 bits per heavy atom. The predicted octanol–water partition coefficient (Wildman–Crippen LogP) is 4.20. The number of hydrogen-bond donors (Lipinski definition) is 1. The summed E-state index contributed by atoms with van der Waals surface area (Å²) in [5.74, 6) is 0.768. The standard InChI is InChI=1S/C19H23ClN2O2/c1-4-24-16-11-9-15(10-12-16)13-22(3)14(2)19(23)21-18-8-6-5-7-17(18)20/h5-12,14H,4,13H2,1-3H3,(H,21,23). The number of amides is 1. The van der Waals surface area contributed by atoms with Crippen molar-refractivity contribution in [3.05, 3.63) is 59.1 Å². The summed E-state index contributed by atoms with van der Waals surface area (Å²) in [5, 5.41) is 3.40. The van der Waals surface area contributed by atoms with E-state index >= 15 is 0 Å². The number of ether oxygens (including phenoxy) is 1. The highest BCUT2D eigenvalue weighted by Gasteiger charge is 2.19. The maximum absolute atomic E-state index is 12.4. The van der Waals surface area contributed by atoms with Crippen molar-refractivity contribution in [1.29, 1.82) is 0 Å². The van der Waals surface area contributed by atoms with Crippen molar-refractivity contribution in [2.75, 3.05) is 19.0 Å². The molecule has 0 spiro atoms. The van der Waals surface area contributed by atoms with Crippen LogP contribution in [0, 0.1) is 0 Å². The fourth-order valence-corrected chi connectivity index (χ4v) is 2.47. The van der Waals surface area contributed by atoms with E-state index < -0.39 is 0 Å². The molecule has 0 aliphatic heterocycles. The van der Waals surface area contributed by atoms with Crippen LogP contribution in [0.2, 0.25) is 5.02 Å². The van der Waals surface area contributed by atoms with Crippen LogP contribution in [0.25, 0.3) is 0 Å². The smallest absolute Gasteiger partial charge is 0.241 e. The molecule has 0 radical (unpaired) electrons. The van der Waals surface area contributed by atoms with Gasteiger partial charge >= 0.3 is 0 Å². The highest BCUT2D eigenvalue weighted by molar-refractivity contribution is 6.33. The number of carbonyl (C=O) groups is 1. The molecule has 0 aromatic heterocycles. The van der Waals surface area contributed by atoms with Crippen LogP contribution >= 0.6 is 11.6 Å². The minimum Gasteiger partial charge on any atom is -0.494 e. The van der Waals surface area contributed by atoms with Gasteiger partial charge in [-0.05, 0) is 50.7 Å². The Labute approximate surface area is 148 Å². The number of halogens is 1. The van der Waals surface area contributed by atoms with Crippen molar-refractivity contribution in [3.8, 4) is 5.75 Å². The summed E-state index contributed by atoms with van der Waals surface area (Å²) in [4.78, 5) is 14.4. The number of anilines is 1. The number of carbonyl (C=O) groups excluding carboxylic acids is 1. The van der Waals surface area contributed by atoms with Gasteiger partial charge in [0.15, 0.2) is 0 Å². The fraction of sp³-hybridized carbons (Fsp3) is 0.316. The molecule has 2 aromatic carbocycles. The molecule has 0 fully saturated rings. The Balaban J connectivity index is 1.94. The van der Waals surface area contributed by atoms with E-state index in [0.29, 0.717) is 23.9 Å². The van der Waals surface area contributed by atoms with Gasteiger partial charge in [0, 0.05) is 6.54 Å². The zero-order valence-electron chi connectivity index (χ0n) is 14.3. The van der Waals surface area contributed by atoms with Gasteiger partial charge in [-0.1, -0.05) is 35.9 Å². The molecule has 1 amide bonds. The van der Waals surface area contributed by atoms with Crippen LogP contribution in [0.1, 0.15) is 19.4 Å². The zero-order chi connectivity index (χ0) is 17.5. The minimum atomic E-state index is -0.284. The molecule has 0 saturated carbocycles. The van der Waals surface area contributed by atoms with Gasteiger partial charge in [0.05, 0.1) is 23.4 Å². The summed E-state index contributed by atoms with van der Waals surface area (Å²) in [7, 11) is 1.92. The Morgan fingerprint density at radius 2 is 1.88 bits per heavy atom. The van der Waals surface area contributed by atoms with Gasteiger partial charge in [-0.15, -0.1) is 0 Å². The van der Waals surface area contributed by atoms with E-state index in [1.54, 1.807) is 12.1 Å². The molecule has 0 bridgehead atoms. The molecule has 2 rings (SSSR count). The molecule has 1 atom stereocenters. The summed E-state index contributed by atoms with van der Waals surface area (Å²) in [6.45, 7) is 5.16. The van der Waals surface area contributed by atoms with Gasteiger partial charge in [0.1, 0.15) is 5.75 Å². The number of nitrogens with one attached hydrogen (secondary N) is 1. The third kappa shape index (κ3) is 4.98. The lowest BCUT2D eigenvalue weighted by Crippen LogP contribution is -2.39. The Morgan fingerprint density at radius 1 is 1.21 bits per heavy atom. The number of hydrogen-bond acceptors (Lipinski definition) is 3. The van der Waals surface area contributed by atoms with Crippen LogP contribution in [0.15, 0.2) is 48.5 Å². The average Bonchev–Trinajstić information content (AvgIpc) is 2.58. The van der Waals surface area contributed by atoms with Gasteiger partial charge in [0.2, 0.25) is 5.91 Å². The maximum Gasteiger partial charge on any atom is 0.241 e. The Hall–Kier alpha value is -2.04. The van der Waals surface area contributed by atoms with Crippen LogP contribution in [0.5, 0.6) is 5.75 Å². The Kier molecular flexibility index (Phi) is 6.64. The van der Waals surface area contributed by atoms with Gasteiger partial charge in [-0.3, -0.25) is 9.69 Å². The summed E-state index contributed by atoms with van der Waals surface area (Å²) in [6, 6.07) is 14.9. The van der Waals surface area contributed by atoms with Crippen molar-refractivity contribution < 1.29 is 9.53 Å². The van der Waals surface area contributed by atoms with E-state index in [1.807, 2.05) is 62.2 Å². The maximum atomic E-state index is 12.4. The molecule has 0 aliphatic rings. The van der Waals surface area contributed by atoms with E-state index in [1.165, 1.54) is 0 Å². The molecule has 0 heterocycles. The van der Waals surface area contributed by atoms with Gasteiger partial charge in [0.25, 0.3) is 0 Å². The predicted molar refractivity (Wildman–Crippen MR) is 98.6 cm³/mol. The average molecular weight is 347 g/mol. The third-order valence-electron chi connectivity index (χ3n) is 3.84. The molecule has 128 valence electrons. The van der Waals surface area contributed by atoms with Crippen molar-refractivity contribution >= 4 is 23.2 Å². The first-order chi connectivity index (χ1) is 11.5. The van der Waals surface area contributed by atoms with Gasteiger partial charge in [-0.2, -0.15) is 0 Å². The van der Waals surface area contributed by atoms with Gasteiger partial charge in [-0.25, -0.2) is 0 Å². The molecule has 4 nitrogen and oxygen atoms in total. The van der Waals surface area contributed by atoms with Crippen molar-refractivity contribution in [1.82, 2.24) is 4.90 Å². The van der Waals surface area contributed by atoms with E-state index in [0.717, 1.165) is 11.3 Å². The molecular formula is C19H23ClN2O2. The zero-order valence-corrected chi connectivity index (χ0v) is 15.0. The van der Waals surface area contributed by atoms with Crippen LogP contribution in [-0.2, 0) is 11.3 Å². The normalized spacial score (nSPS) is 12.0. The van der Waals surface area contributed by atoms with Crippen LogP contribution < -0.4 is 10.1 Å². The molecule has 5 heteroatoms. The number of likely N-dealkylation sites (N-methyl/N-ethyl adjacent to an activating group) is 1. The van der Waals surface area contributed by atoms with E-state index in [4.69, 9.17) is 16.3 Å². The van der Waals surface area contributed by atoms with Crippen LogP contribution in [-0.4, -0.2) is 30.5 Å². The highest BCUT2D eigenvalue weighted by atomic mass is 35.5. The first-order valence-electron chi connectivity index (χ1n) is 7.98. The monoisotopic (exact) mass is 346 g/mol. The number of benzene rings is 2. The lowest BCUT2D eigenvalue weighted by atomic mass is 10.1. The number of nitrogens with zero attached hydrogens (tertiary/aromatic N) is 1. The summed E-state index contributed by atoms with van der Waals surface area (Å²) >= 11 is 6.08. The SMILES string of the molecule is CCOc1ccc(CN(C)C(C)C(=O)Nc2ccccc2Cl)cc1. The van der Waals surface area contributed by atoms with E-state index in [9.17, 15) is 4.79 Å². The number of para-hydroxylation sites is 1. The first-order valence-corrected chi connectivity index (χ1v) is 8.36. The molecule has 2 aromatic rings. The topological polar surface area (TPSA) is 41.6 Å². The second kappa shape index (κ2) is 8.71. The van der Waals surface area contributed by atoms with Crippen molar-refractivity contribution in [2.45, 2.75) is 26.4 Å². The lowest BCUT2D eigenvalue weighted by Gasteiger charge is -2.24. The Bertz CT molecular complexity index is 673. The third-order valence-corrected chi connectivity index (χ3v) is 4.17. The second-order valence-corrected chi connectivity index (χ2v) is 6.04. The fourth-order valence-electron chi connectivity index (χ4n) is 2.28. The largest absolute Gasteiger partial charge is 0.494 e. The summed E-state index contributed by atoms with van der Waals surface area (Å²) < 4.78 is 5.44. The van der Waals surface area contributed by atoms with Crippen LogP contribution in [0.3, 0.4) is 0 Å². The van der Waals surface area contributed by atoms with Crippen LogP contribution in [0.4, 0.5) is 5.69 Å². The quantitative estimate of drug-likeness (QED) is 0.817. The molecule has 0 aliphatic carbocycles. The number of rotatable bonds is 7. The summed E-state index contributed by atoms with van der Waals surface area (Å²) in [5.41, 5.74) is 1.75. The molecular weight excluding hydrogens is 324 g/mol. The molecule has 0 saturated heterocycles. The lowest BCUT2D eigenvalue weighted by molar-refractivity contribution is -0.120. The van der Waals surface area contributed by atoms with Crippen molar-refractivity contribution in [3.63, 3.8) is 0 Å². The van der Waals surface area contributed by atoms with Gasteiger partial charge < -0.3 is 10.1 Å². The summed E-state index contributed by atoms with van der Waals surface area (Å²) in [6.07, 6.45) is 0. The van der Waals surface area contributed by atoms with Crippen molar-refractivity contribution in [2.24, 2.45) is 0 Å².